The van der Waals surface area contributed by atoms with Crippen molar-refractivity contribution in [3.05, 3.63) is 29.3 Å². The molecule has 1 nitrogen and oxygen atoms in total. The number of fused-ring (bicyclic) bond motifs is 1. The number of rotatable bonds is 0. The van der Waals surface area contributed by atoms with Crippen molar-refractivity contribution in [2.24, 2.45) is 5.92 Å². The van der Waals surface area contributed by atoms with Gasteiger partial charge in [-0.25, -0.2) is 0 Å². The zero-order valence-corrected chi connectivity index (χ0v) is 8.43. The fraction of sp³-hybridized carbons (Fsp3) is 0.500. The van der Waals surface area contributed by atoms with E-state index in [2.05, 4.69) is 37.4 Å². The molecule has 2 rings (SSSR count). The van der Waals surface area contributed by atoms with Gasteiger partial charge >= 0.3 is 0 Å². The van der Waals surface area contributed by atoms with Crippen molar-refractivity contribution in [1.82, 2.24) is 0 Å². The van der Waals surface area contributed by atoms with Crippen LogP contribution in [-0.2, 0) is 6.42 Å². The van der Waals surface area contributed by atoms with Gasteiger partial charge in [-0.05, 0) is 42.9 Å². The lowest BCUT2D eigenvalue weighted by Gasteiger charge is -2.08. The van der Waals surface area contributed by atoms with Crippen LogP contribution in [0.25, 0.3) is 0 Å². The summed E-state index contributed by atoms with van der Waals surface area (Å²) in [5.74, 6) is 0.799. The van der Waals surface area contributed by atoms with Crippen LogP contribution in [-0.4, -0.2) is 6.54 Å². The Morgan fingerprint density at radius 3 is 3.08 bits per heavy atom. The Balaban J connectivity index is 2.30. The molecule has 13 heavy (non-hydrogen) atoms. The SMILES string of the molecule is Cc1ccc2c(c1)NCC(C)CC2. The molecule has 1 unspecified atom stereocenters. The van der Waals surface area contributed by atoms with E-state index in [0.717, 1.165) is 12.5 Å². The number of hydrogen-bond donors (Lipinski definition) is 1. The van der Waals surface area contributed by atoms with Crippen LogP contribution in [0.2, 0.25) is 0 Å². The van der Waals surface area contributed by atoms with Gasteiger partial charge in [-0.1, -0.05) is 19.1 Å². The molecule has 70 valence electrons. The van der Waals surface area contributed by atoms with E-state index < -0.39 is 0 Å². The molecule has 1 aliphatic heterocycles. The standard InChI is InChI=1S/C12H17N/c1-9-3-5-11-6-4-10(2)8-13-12(11)7-9/h3,5,7,10,13H,4,6,8H2,1-2H3. The lowest BCUT2D eigenvalue weighted by atomic mass is 10.0. The van der Waals surface area contributed by atoms with Crippen molar-refractivity contribution in [2.75, 3.05) is 11.9 Å². The molecule has 1 heterocycles. The summed E-state index contributed by atoms with van der Waals surface area (Å²) < 4.78 is 0. The Morgan fingerprint density at radius 2 is 2.23 bits per heavy atom. The van der Waals surface area contributed by atoms with Crippen LogP contribution in [0.15, 0.2) is 18.2 Å². The van der Waals surface area contributed by atoms with E-state index in [9.17, 15) is 0 Å². The molecule has 0 saturated heterocycles. The zero-order valence-electron chi connectivity index (χ0n) is 8.43. The summed E-state index contributed by atoms with van der Waals surface area (Å²) in [6, 6.07) is 6.72. The van der Waals surface area contributed by atoms with Crippen molar-refractivity contribution in [3.63, 3.8) is 0 Å². The van der Waals surface area contributed by atoms with Crippen molar-refractivity contribution >= 4 is 5.69 Å². The highest BCUT2D eigenvalue weighted by Gasteiger charge is 2.11. The third kappa shape index (κ3) is 1.85. The monoisotopic (exact) mass is 175 g/mol. The van der Waals surface area contributed by atoms with Crippen LogP contribution >= 0.6 is 0 Å². The topological polar surface area (TPSA) is 12.0 Å². The Kier molecular flexibility index (Phi) is 2.26. The molecule has 1 heteroatoms. The van der Waals surface area contributed by atoms with Crippen molar-refractivity contribution < 1.29 is 0 Å². The molecular formula is C12H17N. The molecule has 1 aromatic rings. The third-order valence-corrected chi connectivity index (χ3v) is 2.81. The molecule has 0 aliphatic carbocycles. The van der Waals surface area contributed by atoms with Crippen LogP contribution in [0.5, 0.6) is 0 Å². The Hall–Kier alpha value is -0.980. The average molecular weight is 175 g/mol. The van der Waals surface area contributed by atoms with Gasteiger partial charge in [0.1, 0.15) is 0 Å². The first kappa shape index (κ1) is 8.61. The summed E-state index contributed by atoms with van der Waals surface area (Å²) >= 11 is 0. The molecule has 0 saturated carbocycles. The van der Waals surface area contributed by atoms with Crippen LogP contribution < -0.4 is 5.32 Å². The van der Waals surface area contributed by atoms with Gasteiger partial charge in [0, 0.05) is 12.2 Å². The smallest absolute Gasteiger partial charge is 0.0375 e. The summed E-state index contributed by atoms with van der Waals surface area (Å²) in [5.41, 5.74) is 4.18. The number of aryl methyl sites for hydroxylation is 2. The second-order valence-electron chi connectivity index (χ2n) is 4.19. The first-order valence-electron chi connectivity index (χ1n) is 5.09. The maximum Gasteiger partial charge on any atom is 0.0375 e. The number of anilines is 1. The number of nitrogens with one attached hydrogen (secondary N) is 1. The molecule has 0 radical (unpaired) electrons. The second-order valence-corrected chi connectivity index (χ2v) is 4.19. The summed E-state index contributed by atoms with van der Waals surface area (Å²) in [6.07, 6.45) is 2.53. The largest absolute Gasteiger partial charge is 0.385 e. The minimum Gasteiger partial charge on any atom is -0.385 e. The van der Waals surface area contributed by atoms with Crippen LogP contribution in [0, 0.1) is 12.8 Å². The number of benzene rings is 1. The Labute approximate surface area is 80.2 Å². The minimum atomic E-state index is 0.799. The van der Waals surface area contributed by atoms with E-state index in [4.69, 9.17) is 0 Å². The molecule has 1 atom stereocenters. The Morgan fingerprint density at radius 1 is 1.38 bits per heavy atom. The molecule has 0 bridgehead atoms. The average Bonchev–Trinajstić information content (AvgIpc) is 2.29. The van der Waals surface area contributed by atoms with E-state index in [1.54, 1.807) is 0 Å². The highest BCUT2D eigenvalue weighted by molar-refractivity contribution is 5.53. The molecule has 0 amide bonds. The number of hydrogen-bond acceptors (Lipinski definition) is 1. The molecule has 1 aliphatic rings. The minimum absolute atomic E-state index is 0.799. The maximum atomic E-state index is 3.52. The normalized spacial score (nSPS) is 21.5. The first-order valence-corrected chi connectivity index (χ1v) is 5.09. The Bertz CT molecular complexity index is 304. The fourth-order valence-electron chi connectivity index (χ4n) is 1.86. The van der Waals surface area contributed by atoms with E-state index in [1.165, 1.54) is 29.7 Å². The summed E-state index contributed by atoms with van der Waals surface area (Å²) in [6.45, 7) is 5.58. The highest BCUT2D eigenvalue weighted by atomic mass is 14.9. The van der Waals surface area contributed by atoms with E-state index in [1.807, 2.05) is 0 Å². The van der Waals surface area contributed by atoms with E-state index in [-0.39, 0.29) is 0 Å². The molecular weight excluding hydrogens is 158 g/mol. The van der Waals surface area contributed by atoms with Crippen LogP contribution in [0.4, 0.5) is 5.69 Å². The molecule has 1 aromatic carbocycles. The lowest BCUT2D eigenvalue weighted by molar-refractivity contribution is 0.571. The quantitative estimate of drug-likeness (QED) is 0.639. The van der Waals surface area contributed by atoms with Crippen molar-refractivity contribution in [3.8, 4) is 0 Å². The second kappa shape index (κ2) is 3.41. The van der Waals surface area contributed by atoms with Crippen LogP contribution in [0.3, 0.4) is 0 Å². The van der Waals surface area contributed by atoms with Gasteiger partial charge in [0.15, 0.2) is 0 Å². The lowest BCUT2D eigenvalue weighted by Crippen LogP contribution is -2.08. The zero-order chi connectivity index (χ0) is 9.26. The van der Waals surface area contributed by atoms with Gasteiger partial charge in [-0.3, -0.25) is 0 Å². The van der Waals surface area contributed by atoms with Gasteiger partial charge in [0.2, 0.25) is 0 Å². The van der Waals surface area contributed by atoms with Gasteiger partial charge < -0.3 is 5.32 Å². The molecule has 0 fully saturated rings. The van der Waals surface area contributed by atoms with E-state index in [0.29, 0.717) is 0 Å². The van der Waals surface area contributed by atoms with Crippen molar-refractivity contribution in [2.45, 2.75) is 26.7 Å². The van der Waals surface area contributed by atoms with Crippen molar-refractivity contribution in [1.29, 1.82) is 0 Å². The molecule has 0 aromatic heterocycles. The summed E-state index contributed by atoms with van der Waals surface area (Å²) in [7, 11) is 0. The fourth-order valence-corrected chi connectivity index (χ4v) is 1.86. The molecule has 1 N–H and O–H groups in total. The predicted octanol–water partition coefficient (Wildman–Crippen LogP) is 2.99. The van der Waals surface area contributed by atoms with E-state index >= 15 is 0 Å². The molecule has 0 spiro atoms. The van der Waals surface area contributed by atoms with Gasteiger partial charge in [0.05, 0.1) is 0 Å². The highest BCUT2D eigenvalue weighted by Crippen LogP contribution is 2.24. The first-order chi connectivity index (χ1) is 6.25. The van der Waals surface area contributed by atoms with Gasteiger partial charge in [-0.2, -0.15) is 0 Å². The third-order valence-electron chi connectivity index (χ3n) is 2.81. The van der Waals surface area contributed by atoms with Gasteiger partial charge in [-0.15, -0.1) is 0 Å². The van der Waals surface area contributed by atoms with Gasteiger partial charge in [0.25, 0.3) is 0 Å². The maximum absolute atomic E-state index is 3.52. The predicted molar refractivity (Wildman–Crippen MR) is 57.2 cm³/mol. The summed E-state index contributed by atoms with van der Waals surface area (Å²) in [4.78, 5) is 0. The summed E-state index contributed by atoms with van der Waals surface area (Å²) in [5, 5.41) is 3.52. The van der Waals surface area contributed by atoms with Crippen LogP contribution in [0.1, 0.15) is 24.5 Å².